The predicted octanol–water partition coefficient (Wildman–Crippen LogP) is 4.94. The molecule has 12 nitrogen and oxygen atoms in total. The first kappa shape index (κ1) is 36.2. The van der Waals surface area contributed by atoms with E-state index in [9.17, 15) is 27.6 Å². The number of carbonyl (C=O) groups excluding carboxylic acids is 4. The number of nitrogens with zero attached hydrogens (tertiary/aromatic N) is 2. The summed E-state index contributed by atoms with van der Waals surface area (Å²) < 4.78 is 52.8. The number of rotatable bonds is 11. The second kappa shape index (κ2) is 13.0. The number of amides is 1. The van der Waals surface area contributed by atoms with E-state index in [0.29, 0.717) is 23.4 Å². The van der Waals surface area contributed by atoms with Crippen LogP contribution in [0.15, 0.2) is 53.4 Å². The van der Waals surface area contributed by atoms with Gasteiger partial charge >= 0.3 is 24.0 Å². The van der Waals surface area contributed by atoms with E-state index >= 15 is 0 Å². The summed E-state index contributed by atoms with van der Waals surface area (Å²) in [6.07, 6.45) is -0.929. The molecule has 2 saturated carbocycles. The molecule has 5 rings (SSSR count). The lowest BCUT2D eigenvalue weighted by Gasteiger charge is -2.42. The standard InChI is InChI=1S/C36H46N2O10S/c1-9-45-30(39)28-36(31(40)46-10-2,32(41)47-11-3)37(28)33(42)48-29-27(26-17-18-35(29,8)34(26,6)7)38(24-20-22(4)19-23(5)21-24)49(43,44)25-15-13-12-14-16-25/h12-16,19-21,26-29H,9-11,17-18H2,1-8H3/t26-,27-,28?,29-,35+,37?/m1/s1. The van der Waals surface area contributed by atoms with E-state index in [0.717, 1.165) is 11.1 Å². The number of carbonyl (C=O) groups is 4. The number of ether oxygens (including phenoxy) is 4. The fraction of sp³-hybridized carbons (Fsp3) is 0.556. The molecule has 2 aromatic rings. The highest BCUT2D eigenvalue weighted by molar-refractivity contribution is 7.92. The van der Waals surface area contributed by atoms with Crippen LogP contribution >= 0.6 is 0 Å². The fourth-order valence-corrected chi connectivity index (χ4v) is 9.88. The first-order chi connectivity index (χ1) is 23.0. The summed E-state index contributed by atoms with van der Waals surface area (Å²) in [6.45, 7) is 14.1. The second-order valence-corrected chi connectivity index (χ2v) is 15.6. The van der Waals surface area contributed by atoms with Crippen molar-refractivity contribution in [1.82, 2.24) is 4.90 Å². The molecule has 1 heterocycles. The van der Waals surface area contributed by atoms with Crippen molar-refractivity contribution in [3.05, 3.63) is 59.7 Å². The number of esters is 3. The molecule has 5 atom stereocenters. The maximum Gasteiger partial charge on any atom is 0.412 e. The fourth-order valence-electron chi connectivity index (χ4n) is 8.19. The molecular formula is C36H46N2O10S. The quantitative estimate of drug-likeness (QED) is 0.137. The Morgan fingerprint density at radius 1 is 0.857 bits per heavy atom. The van der Waals surface area contributed by atoms with Crippen LogP contribution in [0.1, 0.15) is 65.5 Å². The molecule has 0 radical (unpaired) electrons. The third-order valence-electron chi connectivity index (χ3n) is 10.8. The number of hydrogen-bond acceptors (Lipinski definition) is 10. The molecule has 13 heteroatoms. The van der Waals surface area contributed by atoms with Crippen LogP contribution in [0.25, 0.3) is 0 Å². The Labute approximate surface area is 288 Å². The zero-order valence-electron chi connectivity index (χ0n) is 29.3. The van der Waals surface area contributed by atoms with Crippen molar-refractivity contribution < 1.29 is 46.5 Å². The van der Waals surface area contributed by atoms with E-state index < -0.39 is 68.6 Å². The largest absolute Gasteiger partial charge is 0.464 e. The van der Waals surface area contributed by atoms with Crippen molar-refractivity contribution in [3.8, 4) is 0 Å². The van der Waals surface area contributed by atoms with Gasteiger partial charge in [0.25, 0.3) is 15.6 Å². The monoisotopic (exact) mass is 698 g/mol. The molecule has 2 aliphatic carbocycles. The van der Waals surface area contributed by atoms with Gasteiger partial charge in [0.2, 0.25) is 0 Å². The summed E-state index contributed by atoms with van der Waals surface area (Å²) in [5, 5.41) is 0. The van der Waals surface area contributed by atoms with E-state index in [2.05, 4.69) is 0 Å². The summed E-state index contributed by atoms with van der Waals surface area (Å²) in [5.74, 6) is -3.56. The smallest absolute Gasteiger partial charge is 0.412 e. The predicted molar refractivity (Wildman–Crippen MR) is 179 cm³/mol. The number of fused-ring (bicyclic) bond motifs is 2. The highest BCUT2D eigenvalue weighted by Gasteiger charge is 2.83. The SMILES string of the molecule is CCOC(=O)C1N(C(=O)O[C@@H]2[C@H](N(c3cc(C)cc(C)c3)S(=O)(=O)c3ccccc3)[C@H]3CC[C@]2(C)C3(C)C)C1(C(=O)OCC)C(=O)OCC. The Hall–Kier alpha value is -4.13. The average molecular weight is 699 g/mol. The molecule has 2 aromatic carbocycles. The third-order valence-corrected chi connectivity index (χ3v) is 12.7. The summed E-state index contributed by atoms with van der Waals surface area (Å²) in [6, 6.07) is 11.0. The van der Waals surface area contributed by atoms with Crippen LogP contribution in [0.5, 0.6) is 0 Å². The van der Waals surface area contributed by atoms with Crippen molar-refractivity contribution in [2.45, 2.75) is 96.9 Å². The van der Waals surface area contributed by atoms with Gasteiger partial charge < -0.3 is 18.9 Å². The Morgan fingerprint density at radius 3 is 1.94 bits per heavy atom. The lowest BCUT2D eigenvalue weighted by Crippen LogP contribution is -2.54. The van der Waals surface area contributed by atoms with Gasteiger partial charge in [-0.3, -0.25) is 9.21 Å². The molecule has 0 N–H and O–H groups in total. The van der Waals surface area contributed by atoms with Gasteiger partial charge in [0.15, 0.2) is 6.04 Å². The van der Waals surface area contributed by atoms with E-state index in [1.807, 2.05) is 40.7 Å². The van der Waals surface area contributed by atoms with Crippen LogP contribution in [0.3, 0.4) is 0 Å². The maximum absolute atomic E-state index is 14.7. The number of benzene rings is 2. The minimum Gasteiger partial charge on any atom is -0.464 e. The van der Waals surface area contributed by atoms with Gasteiger partial charge in [-0.1, -0.05) is 45.0 Å². The summed E-state index contributed by atoms with van der Waals surface area (Å²) >= 11 is 0. The highest BCUT2D eigenvalue weighted by atomic mass is 32.2. The van der Waals surface area contributed by atoms with Crippen molar-refractivity contribution in [1.29, 1.82) is 0 Å². The van der Waals surface area contributed by atoms with Crippen LogP contribution in [0, 0.1) is 30.6 Å². The van der Waals surface area contributed by atoms with Crippen molar-refractivity contribution >= 4 is 39.7 Å². The van der Waals surface area contributed by atoms with Crippen molar-refractivity contribution in [3.63, 3.8) is 0 Å². The minimum atomic E-state index is -4.23. The topological polar surface area (TPSA) is 146 Å². The van der Waals surface area contributed by atoms with Crippen LogP contribution < -0.4 is 4.31 Å². The third kappa shape index (κ3) is 5.54. The van der Waals surface area contributed by atoms with Crippen LogP contribution in [0.4, 0.5) is 10.5 Å². The lowest BCUT2D eigenvalue weighted by atomic mass is 9.70. The van der Waals surface area contributed by atoms with Crippen molar-refractivity contribution in [2.24, 2.45) is 16.7 Å². The number of anilines is 1. The molecule has 49 heavy (non-hydrogen) atoms. The molecule has 1 amide bonds. The van der Waals surface area contributed by atoms with E-state index in [1.54, 1.807) is 37.3 Å². The van der Waals surface area contributed by atoms with E-state index in [-0.39, 0.29) is 30.6 Å². The summed E-state index contributed by atoms with van der Waals surface area (Å²) in [4.78, 5) is 55.3. The Balaban J connectivity index is 1.66. The number of sulfonamides is 1. The zero-order chi connectivity index (χ0) is 36.1. The Bertz CT molecular complexity index is 1700. The summed E-state index contributed by atoms with van der Waals surface area (Å²) in [7, 11) is -4.23. The molecular weight excluding hydrogens is 652 g/mol. The van der Waals surface area contributed by atoms with Gasteiger partial charge in [0.1, 0.15) is 6.10 Å². The van der Waals surface area contributed by atoms with Crippen molar-refractivity contribution in [2.75, 3.05) is 24.1 Å². The molecule has 1 unspecified atom stereocenters. The molecule has 2 bridgehead atoms. The minimum absolute atomic E-state index is 0.0712. The Kier molecular flexibility index (Phi) is 9.56. The second-order valence-electron chi connectivity index (χ2n) is 13.8. The first-order valence-electron chi connectivity index (χ1n) is 16.7. The highest BCUT2D eigenvalue weighted by Crippen LogP contribution is 2.68. The van der Waals surface area contributed by atoms with E-state index in [1.165, 1.54) is 30.3 Å². The van der Waals surface area contributed by atoms with Gasteiger partial charge in [-0.25, -0.2) is 27.6 Å². The molecule has 3 aliphatic rings. The molecule has 1 saturated heterocycles. The number of aryl methyl sites for hydroxylation is 2. The molecule has 266 valence electrons. The van der Waals surface area contributed by atoms with Gasteiger partial charge in [-0.05, 0) is 94.2 Å². The zero-order valence-corrected chi connectivity index (χ0v) is 30.2. The average Bonchev–Trinajstić information content (AvgIpc) is 3.65. The Morgan fingerprint density at radius 2 is 1.41 bits per heavy atom. The van der Waals surface area contributed by atoms with Gasteiger partial charge in [-0.15, -0.1) is 0 Å². The lowest BCUT2D eigenvalue weighted by molar-refractivity contribution is -0.162. The van der Waals surface area contributed by atoms with E-state index in [4.69, 9.17) is 18.9 Å². The number of hydrogen-bond donors (Lipinski definition) is 0. The molecule has 3 fully saturated rings. The first-order valence-corrected chi connectivity index (χ1v) is 18.2. The van der Waals surface area contributed by atoms with Gasteiger partial charge in [0.05, 0.1) is 36.4 Å². The van der Waals surface area contributed by atoms with Gasteiger partial charge in [0, 0.05) is 5.41 Å². The van der Waals surface area contributed by atoms with Crippen LogP contribution in [-0.4, -0.2) is 80.9 Å². The molecule has 1 aliphatic heterocycles. The maximum atomic E-state index is 14.7. The van der Waals surface area contributed by atoms with Crippen LogP contribution in [0.2, 0.25) is 0 Å². The van der Waals surface area contributed by atoms with Crippen LogP contribution in [-0.2, 0) is 43.4 Å². The molecule has 0 spiro atoms. The van der Waals surface area contributed by atoms with Gasteiger partial charge in [-0.2, -0.15) is 0 Å². The summed E-state index contributed by atoms with van der Waals surface area (Å²) in [5.41, 5.74) is -1.61. The normalized spacial score (nSPS) is 26.1. The molecule has 0 aromatic heterocycles.